The van der Waals surface area contributed by atoms with E-state index in [1.165, 1.54) is 11.3 Å². The highest BCUT2D eigenvalue weighted by atomic mass is 35.5. The zero-order chi connectivity index (χ0) is 18.1. The van der Waals surface area contributed by atoms with Crippen LogP contribution in [0.4, 0.5) is 0 Å². The Morgan fingerprint density at radius 1 is 1.12 bits per heavy atom. The standard InChI is InChI=1S/C20H14ClNO3S/c1-2-24-13-9-7-12(8-10-13)15-11-26-19-17(15)20(23)25-18(22-19)14-5-3-4-6-16(14)21/h3-11H,2H2,1H3. The topological polar surface area (TPSA) is 52.3 Å². The molecule has 0 atom stereocenters. The van der Waals surface area contributed by atoms with E-state index in [0.717, 1.165) is 16.9 Å². The lowest BCUT2D eigenvalue weighted by molar-refractivity contribution is 0.340. The molecule has 6 heteroatoms. The summed E-state index contributed by atoms with van der Waals surface area (Å²) < 4.78 is 10.9. The van der Waals surface area contributed by atoms with Crippen molar-refractivity contribution in [3.63, 3.8) is 0 Å². The summed E-state index contributed by atoms with van der Waals surface area (Å²) in [5.41, 5.74) is 1.90. The zero-order valence-electron chi connectivity index (χ0n) is 13.9. The van der Waals surface area contributed by atoms with E-state index in [4.69, 9.17) is 20.8 Å². The molecule has 4 rings (SSSR count). The molecule has 26 heavy (non-hydrogen) atoms. The van der Waals surface area contributed by atoms with Crippen LogP contribution in [0.2, 0.25) is 5.02 Å². The van der Waals surface area contributed by atoms with Crippen LogP contribution in [0.15, 0.2) is 63.1 Å². The summed E-state index contributed by atoms with van der Waals surface area (Å²) in [6, 6.07) is 14.8. The summed E-state index contributed by atoms with van der Waals surface area (Å²) in [5, 5.41) is 2.89. The second kappa shape index (κ2) is 6.94. The molecule has 0 N–H and O–H groups in total. The third kappa shape index (κ3) is 3.00. The van der Waals surface area contributed by atoms with E-state index >= 15 is 0 Å². The lowest BCUT2D eigenvalue weighted by atomic mass is 10.1. The smallest absolute Gasteiger partial charge is 0.348 e. The number of hydrogen-bond acceptors (Lipinski definition) is 5. The number of fused-ring (bicyclic) bond motifs is 1. The molecule has 2 aromatic carbocycles. The quantitative estimate of drug-likeness (QED) is 0.458. The number of rotatable bonds is 4. The van der Waals surface area contributed by atoms with Crippen LogP contribution in [-0.2, 0) is 0 Å². The fourth-order valence-corrected chi connectivity index (χ4v) is 3.89. The van der Waals surface area contributed by atoms with Gasteiger partial charge in [-0.25, -0.2) is 9.78 Å². The molecule has 0 bridgehead atoms. The van der Waals surface area contributed by atoms with Gasteiger partial charge in [0.25, 0.3) is 0 Å². The minimum Gasteiger partial charge on any atom is -0.494 e. The van der Waals surface area contributed by atoms with Crippen molar-refractivity contribution in [3.8, 4) is 28.3 Å². The lowest BCUT2D eigenvalue weighted by Crippen LogP contribution is -2.02. The molecular weight excluding hydrogens is 370 g/mol. The average Bonchev–Trinajstić information content (AvgIpc) is 3.08. The van der Waals surface area contributed by atoms with Gasteiger partial charge in [-0.05, 0) is 36.8 Å². The third-order valence-electron chi connectivity index (χ3n) is 3.95. The van der Waals surface area contributed by atoms with Gasteiger partial charge in [-0.15, -0.1) is 11.3 Å². The predicted octanol–water partition coefficient (Wildman–Crippen LogP) is 5.64. The number of hydrogen-bond donors (Lipinski definition) is 0. The van der Waals surface area contributed by atoms with Crippen molar-refractivity contribution >= 4 is 33.2 Å². The van der Waals surface area contributed by atoms with Crippen LogP contribution >= 0.6 is 22.9 Å². The Balaban J connectivity index is 1.82. The molecule has 4 nitrogen and oxygen atoms in total. The van der Waals surface area contributed by atoms with Crippen LogP contribution < -0.4 is 10.4 Å². The van der Waals surface area contributed by atoms with Crippen molar-refractivity contribution < 1.29 is 9.15 Å². The van der Waals surface area contributed by atoms with Crippen LogP contribution in [0.1, 0.15) is 6.92 Å². The maximum atomic E-state index is 12.6. The predicted molar refractivity (Wildman–Crippen MR) is 105 cm³/mol. The SMILES string of the molecule is CCOc1ccc(-c2csc3nc(-c4ccccc4Cl)oc(=O)c23)cc1. The Morgan fingerprint density at radius 2 is 1.88 bits per heavy atom. The average molecular weight is 384 g/mol. The summed E-state index contributed by atoms with van der Waals surface area (Å²) in [6.45, 7) is 2.55. The second-order valence-electron chi connectivity index (χ2n) is 5.57. The normalized spacial score (nSPS) is 11.0. The molecule has 0 spiro atoms. The first kappa shape index (κ1) is 16.8. The van der Waals surface area contributed by atoms with Crippen molar-refractivity contribution in [2.24, 2.45) is 0 Å². The molecule has 0 aliphatic heterocycles. The number of nitrogens with zero attached hydrogens (tertiary/aromatic N) is 1. The van der Waals surface area contributed by atoms with Gasteiger partial charge in [-0.2, -0.15) is 0 Å². The molecule has 2 aromatic heterocycles. The molecule has 0 fully saturated rings. The van der Waals surface area contributed by atoms with Gasteiger partial charge < -0.3 is 9.15 Å². The summed E-state index contributed by atoms with van der Waals surface area (Å²) >= 11 is 7.60. The Morgan fingerprint density at radius 3 is 2.62 bits per heavy atom. The molecule has 2 heterocycles. The van der Waals surface area contributed by atoms with Crippen molar-refractivity contribution in [1.29, 1.82) is 0 Å². The second-order valence-corrected chi connectivity index (χ2v) is 6.84. The molecule has 0 unspecified atom stereocenters. The molecule has 0 aliphatic rings. The largest absolute Gasteiger partial charge is 0.494 e. The first-order valence-electron chi connectivity index (χ1n) is 8.08. The van der Waals surface area contributed by atoms with Gasteiger partial charge in [-0.1, -0.05) is 35.9 Å². The number of benzene rings is 2. The minimum absolute atomic E-state index is 0.230. The van der Waals surface area contributed by atoms with Gasteiger partial charge in [0.15, 0.2) is 0 Å². The first-order chi connectivity index (χ1) is 12.7. The van der Waals surface area contributed by atoms with Crippen LogP contribution in [0.3, 0.4) is 0 Å². The fourth-order valence-electron chi connectivity index (χ4n) is 2.74. The van der Waals surface area contributed by atoms with E-state index in [1.807, 2.05) is 48.7 Å². The van der Waals surface area contributed by atoms with Crippen molar-refractivity contribution in [2.75, 3.05) is 6.61 Å². The summed E-state index contributed by atoms with van der Waals surface area (Å²) in [7, 11) is 0. The van der Waals surface area contributed by atoms with E-state index < -0.39 is 5.63 Å². The van der Waals surface area contributed by atoms with Gasteiger partial charge in [0, 0.05) is 10.9 Å². The Kier molecular flexibility index (Phi) is 4.49. The summed E-state index contributed by atoms with van der Waals surface area (Å²) in [4.78, 5) is 17.8. The Labute approximate surface area is 158 Å². The summed E-state index contributed by atoms with van der Waals surface area (Å²) in [5.74, 6) is 1.02. The van der Waals surface area contributed by atoms with Gasteiger partial charge in [0.05, 0.1) is 17.2 Å². The van der Waals surface area contributed by atoms with E-state index in [1.54, 1.807) is 12.1 Å². The molecule has 130 valence electrons. The maximum Gasteiger partial charge on any atom is 0.348 e. The molecule has 0 amide bonds. The molecule has 0 radical (unpaired) electrons. The maximum absolute atomic E-state index is 12.6. The number of aromatic nitrogens is 1. The Hall–Kier alpha value is -2.63. The highest BCUT2D eigenvalue weighted by Gasteiger charge is 2.16. The number of halogens is 1. The van der Waals surface area contributed by atoms with Gasteiger partial charge >= 0.3 is 5.63 Å². The van der Waals surface area contributed by atoms with E-state index in [9.17, 15) is 4.79 Å². The van der Waals surface area contributed by atoms with Crippen molar-refractivity contribution in [3.05, 3.63) is 69.4 Å². The zero-order valence-corrected chi connectivity index (χ0v) is 15.4. The van der Waals surface area contributed by atoms with Gasteiger partial charge in [-0.3, -0.25) is 0 Å². The van der Waals surface area contributed by atoms with E-state index in [-0.39, 0.29) is 5.89 Å². The van der Waals surface area contributed by atoms with E-state index in [2.05, 4.69) is 4.98 Å². The molecule has 0 saturated heterocycles. The van der Waals surface area contributed by atoms with Crippen LogP contribution in [-0.4, -0.2) is 11.6 Å². The number of thiophene rings is 1. The fraction of sp³-hybridized carbons (Fsp3) is 0.100. The van der Waals surface area contributed by atoms with Crippen molar-refractivity contribution in [1.82, 2.24) is 4.98 Å². The first-order valence-corrected chi connectivity index (χ1v) is 9.33. The van der Waals surface area contributed by atoms with Crippen LogP contribution in [0.25, 0.3) is 32.8 Å². The van der Waals surface area contributed by atoms with Crippen LogP contribution in [0, 0.1) is 0 Å². The third-order valence-corrected chi connectivity index (χ3v) is 5.15. The highest BCUT2D eigenvalue weighted by Crippen LogP contribution is 2.34. The molecule has 0 saturated carbocycles. The summed E-state index contributed by atoms with van der Waals surface area (Å²) in [6.07, 6.45) is 0. The Bertz CT molecular complexity index is 1130. The van der Waals surface area contributed by atoms with Gasteiger partial charge in [0.1, 0.15) is 16.0 Å². The molecule has 0 aliphatic carbocycles. The minimum atomic E-state index is -0.421. The monoisotopic (exact) mass is 383 g/mol. The molecule has 4 aromatic rings. The van der Waals surface area contributed by atoms with Crippen LogP contribution in [0.5, 0.6) is 5.75 Å². The highest BCUT2D eigenvalue weighted by molar-refractivity contribution is 7.17. The molecular formula is C20H14ClNO3S. The van der Waals surface area contributed by atoms with Crippen molar-refractivity contribution in [2.45, 2.75) is 6.92 Å². The number of ether oxygens (including phenoxy) is 1. The lowest BCUT2D eigenvalue weighted by Gasteiger charge is -2.05. The van der Waals surface area contributed by atoms with Gasteiger partial charge in [0.2, 0.25) is 5.89 Å². The van der Waals surface area contributed by atoms with E-state index in [0.29, 0.717) is 27.4 Å².